The van der Waals surface area contributed by atoms with Gasteiger partial charge in [0.05, 0.1) is 5.69 Å². The fourth-order valence-electron chi connectivity index (χ4n) is 3.05. The highest BCUT2D eigenvalue weighted by Gasteiger charge is 2.19. The first-order valence-corrected chi connectivity index (χ1v) is 8.86. The predicted molar refractivity (Wildman–Crippen MR) is 99.5 cm³/mol. The van der Waals surface area contributed by atoms with Crippen LogP contribution in [0, 0.1) is 0 Å². The zero-order valence-electron chi connectivity index (χ0n) is 13.5. The highest BCUT2D eigenvalue weighted by atomic mass is 35.5. The third-order valence-corrected chi connectivity index (χ3v) is 4.94. The first-order valence-electron chi connectivity index (χ1n) is 8.10. The summed E-state index contributed by atoms with van der Waals surface area (Å²) < 4.78 is 0. The molecule has 3 heterocycles. The van der Waals surface area contributed by atoms with E-state index in [1.807, 2.05) is 36.5 Å². The molecule has 2 aromatic heterocycles. The molecule has 1 aromatic carbocycles. The fraction of sp³-hybridized carbons (Fsp3) is 0.211. The van der Waals surface area contributed by atoms with E-state index >= 15 is 0 Å². The molecular formula is C19H16Cl2N4. The van der Waals surface area contributed by atoms with Crippen LogP contribution in [0.2, 0.25) is 10.0 Å². The topological polar surface area (TPSA) is 41.9 Å². The number of nitrogens with zero attached hydrogens (tertiary/aromatic N) is 4. The van der Waals surface area contributed by atoms with E-state index in [0.29, 0.717) is 5.02 Å². The second-order valence-electron chi connectivity index (χ2n) is 6.10. The van der Waals surface area contributed by atoms with Crippen LogP contribution in [-0.4, -0.2) is 26.4 Å². The lowest BCUT2D eigenvalue weighted by atomic mass is 10.1. The van der Waals surface area contributed by atoms with E-state index in [0.717, 1.165) is 59.3 Å². The second kappa shape index (κ2) is 7.08. The Morgan fingerprint density at radius 3 is 2.88 bits per heavy atom. The number of hydrogen-bond acceptors (Lipinski definition) is 4. The molecule has 0 aliphatic carbocycles. The average Bonchev–Trinajstić information content (AvgIpc) is 2.65. The van der Waals surface area contributed by atoms with E-state index in [9.17, 15) is 0 Å². The van der Waals surface area contributed by atoms with Gasteiger partial charge in [-0.2, -0.15) is 0 Å². The molecule has 1 aliphatic rings. The highest BCUT2D eigenvalue weighted by molar-refractivity contribution is 6.33. The Morgan fingerprint density at radius 2 is 2.04 bits per heavy atom. The maximum atomic E-state index is 6.29. The standard InChI is InChI=1S/C19H16Cl2N4/c20-16-3-4-17(21)14(8-16)11-25-7-5-18-15(12-25)10-23-19(24-18)13-2-1-6-22-9-13/h1-4,6,8-10H,5,7,11-12H2. The molecule has 4 nitrogen and oxygen atoms in total. The summed E-state index contributed by atoms with van der Waals surface area (Å²) in [6.45, 7) is 2.51. The van der Waals surface area contributed by atoms with Gasteiger partial charge in [0.1, 0.15) is 0 Å². The summed E-state index contributed by atoms with van der Waals surface area (Å²) in [7, 11) is 0. The normalized spacial score (nSPS) is 14.3. The molecule has 3 aromatic rings. The van der Waals surface area contributed by atoms with Crippen molar-refractivity contribution < 1.29 is 0 Å². The largest absolute Gasteiger partial charge is 0.294 e. The molecule has 126 valence electrons. The molecule has 0 bridgehead atoms. The van der Waals surface area contributed by atoms with E-state index < -0.39 is 0 Å². The summed E-state index contributed by atoms with van der Waals surface area (Å²) in [6, 6.07) is 9.47. The van der Waals surface area contributed by atoms with Crippen LogP contribution in [0.4, 0.5) is 0 Å². The molecule has 0 saturated heterocycles. The van der Waals surface area contributed by atoms with Crippen LogP contribution in [0.25, 0.3) is 11.4 Å². The molecule has 0 spiro atoms. The molecular weight excluding hydrogens is 355 g/mol. The van der Waals surface area contributed by atoms with Gasteiger partial charge in [0.15, 0.2) is 5.82 Å². The first-order chi connectivity index (χ1) is 12.2. The SMILES string of the molecule is Clc1ccc(Cl)c(CN2CCc3nc(-c4cccnc4)ncc3C2)c1. The quantitative estimate of drug-likeness (QED) is 0.684. The van der Waals surface area contributed by atoms with Gasteiger partial charge >= 0.3 is 0 Å². The molecule has 25 heavy (non-hydrogen) atoms. The Hall–Kier alpha value is -2.01. The minimum atomic E-state index is 0.709. The van der Waals surface area contributed by atoms with Crippen LogP contribution < -0.4 is 0 Å². The predicted octanol–water partition coefficient (Wildman–Crippen LogP) is 4.40. The van der Waals surface area contributed by atoms with Crippen molar-refractivity contribution in [3.8, 4) is 11.4 Å². The molecule has 6 heteroatoms. The lowest BCUT2D eigenvalue weighted by Gasteiger charge is -2.28. The molecule has 0 N–H and O–H groups in total. The van der Waals surface area contributed by atoms with E-state index in [-0.39, 0.29) is 0 Å². The van der Waals surface area contributed by atoms with E-state index in [4.69, 9.17) is 28.2 Å². The summed E-state index contributed by atoms with van der Waals surface area (Å²) in [5.41, 5.74) is 4.27. The summed E-state index contributed by atoms with van der Waals surface area (Å²) in [5.74, 6) is 0.734. The minimum absolute atomic E-state index is 0.709. The molecule has 0 unspecified atom stereocenters. The Kier molecular flexibility index (Phi) is 4.66. The van der Waals surface area contributed by atoms with Crippen LogP contribution in [0.3, 0.4) is 0 Å². The third-order valence-electron chi connectivity index (χ3n) is 4.33. The third kappa shape index (κ3) is 3.66. The second-order valence-corrected chi connectivity index (χ2v) is 6.95. The van der Waals surface area contributed by atoms with Gasteiger partial charge in [-0.1, -0.05) is 23.2 Å². The lowest BCUT2D eigenvalue weighted by Crippen LogP contribution is -2.31. The average molecular weight is 371 g/mol. The number of aromatic nitrogens is 3. The van der Waals surface area contributed by atoms with Crippen LogP contribution >= 0.6 is 23.2 Å². The van der Waals surface area contributed by atoms with Gasteiger partial charge in [0, 0.05) is 65.8 Å². The monoisotopic (exact) mass is 370 g/mol. The molecule has 0 radical (unpaired) electrons. The van der Waals surface area contributed by atoms with E-state index in [2.05, 4.69) is 14.9 Å². The van der Waals surface area contributed by atoms with Gasteiger partial charge in [-0.05, 0) is 35.9 Å². The number of pyridine rings is 1. The number of halogens is 2. The lowest BCUT2D eigenvalue weighted by molar-refractivity contribution is 0.243. The van der Waals surface area contributed by atoms with Gasteiger partial charge < -0.3 is 0 Å². The zero-order valence-corrected chi connectivity index (χ0v) is 15.0. The van der Waals surface area contributed by atoms with Gasteiger partial charge in [-0.25, -0.2) is 9.97 Å². The molecule has 0 fully saturated rings. The smallest absolute Gasteiger partial charge is 0.160 e. The van der Waals surface area contributed by atoms with Crippen LogP contribution in [-0.2, 0) is 19.5 Å². The first kappa shape index (κ1) is 16.5. The van der Waals surface area contributed by atoms with Crippen LogP contribution in [0.15, 0.2) is 48.9 Å². The van der Waals surface area contributed by atoms with Crippen molar-refractivity contribution in [2.75, 3.05) is 6.54 Å². The van der Waals surface area contributed by atoms with Crippen molar-refractivity contribution in [2.24, 2.45) is 0 Å². The van der Waals surface area contributed by atoms with Gasteiger partial charge in [0.2, 0.25) is 0 Å². The Morgan fingerprint density at radius 1 is 1.12 bits per heavy atom. The summed E-state index contributed by atoms with van der Waals surface area (Å²) in [4.78, 5) is 15.7. The zero-order chi connectivity index (χ0) is 17.2. The minimum Gasteiger partial charge on any atom is -0.294 e. The summed E-state index contributed by atoms with van der Waals surface area (Å²) in [5, 5.41) is 1.46. The number of hydrogen-bond donors (Lipinski definition) is 0. The molecule has 0 amide bonds. The van der Waals surface area contributed by atoms with Crippen molar-refractivity contribution in [3.63, 3.8) is 0 Å². The summed E-state index contributed by atoms with van der Waals surface area (Å²) >= 11 is 12.4. The van der Waals surface area contributed by atoms with Gasteiger partial charge in [0.25, 0.3) is 0 Å². The van der Waals surface area contributed by atoms with Crippen molar-refractivity contribution >= 4 is 23.2 Å². The number of benzene rings is 1. The Bertz CT molecular complexity index is 899. The maximum Gasteiger partial charge on any atom is 0.160 e. The van der Waals surface area contributed by atoms with Crippen LogP contribution in [0.5, 0.6) is 0 Å². The van der Waals surface area contributed by atoms with Crippen molar-refractivity contribution in [1.82, 2.24) is 19.9 Å². The molecule has 0 atom stereocenters. The molecule has 1 aliphatic heterocycles. The van der Waals surface area contributed by atoms with Crippen molar-refractivity contribution in [3.05, 3.63) is 75.8 Å². The van der Waals surface area contributed by atoms with Gasteiger partial charge in [-0.15, -0.1) is 0 Å². The van der Waals surface area contributed by atoms with Crippen LogP contribution in [0.1, 0.15) is 16.8 Å². The Labute approximate surface area is 156 Å². The maximum absolute atomic E-state index is 6.29. The molecule has 0 saturated carbocycles. The van der Waals surface area contributed by atoms with E-state index in [1.54, 1.807) is 12.4 Å². The van der Waals surface area contributed by atoms with Gasteiger partial charge in [-0.3, -0.25) is 9.88 Å². The van der Waals surface area contributed by atoms with Crippen molar-refractivity contribution in [2.45, 2.75) is 19.5 Å². The number of rotatable bonds is 3. The Balaban J connectivity index is 1.53. The van der Waals surface area contributed by atoms with E-state index in [1.165, 1.54) is 0 Å². The number of fused-ring (bicyclic) bond motifs is 1. The summed E-state index contributed by atoms with van der Waals surface area (Å²) in [6.07, 6.45) is 6.36. The fourth-order valence-corrected chi connectivity index (χ4v) is 3.42. The van der Waals surface area contributed by atoms with Crippen molar-refractivity contribution in [1.29, 1.82) is 0 Å². The highest BCUT2D eigenvalue weighted by Crippen LogP contribution is 2.25. The molecule has 4 rings (SSSR count).